The molecule has 0 fully saturated rings. The molecule has 1 aromatic carbocycles. The molecule has 90 valence electrons. The number of non-ortho nitro benzene ring substituents is 1. The fourth-order valence-corrected chi connectivity index (χ4v) is 1.16. The molecule has 0 radical (unpaired) electrons. The van der Waals surface area contributed by atoms with Gasteiger partial charge >= 0.3 is 0 Å². The Morgan fingerprint density at radius 1 is 1.41 bits per heavy atom. The zero-order chi connectivity index (χ0) is 12.8. The van der Waals surface area contributed by atoms with Crippen LogP contribution < -0.4 is 11.1 Å². The van der Waals surface area contributed by atoms with Crippen LogP contribution in [0.15, 0.2) is 24.3 Å². The third-order valence-electron chi connectivity index (χ3n) is 1.98. The van der Waals surface area contributed by atoms with Crippen molar-refractivity contribution in [3.63, 3.8) is 0 Å². The summed E-state index contributed by atoms with van der Waals surface area (Å²) in [5, 5.41) is 12.9. The highest BCUT2D eigenvalue weighted by Gasteiger charge is 2.10. The standard InChI is InChI=1S/C10H11N3O4/c11-9(14)4-5-12-10(15)7-2-1-3-8(6-7)13(16)17/h1-3,6H,4-5H2,(H2,11,14)(H,12,15). The summed E-state index contributed by atoms with van der Waals surface area (Å²) in [6.07, 6.45) is 0.0284. The van der Waals surface area contributed by atoms with Gasteiger partial charge in [0.2, 0.25) is 5.91 Å². The van der Waals surface area contributed by atoms with Crippen molar-refractivity contribution in [2.45, 2.75) is 6.42 Å². The molecule has 0 aliphatic heterocycles. The SMILES string of the molecule is NC(=O)CCNC(=O)c1cccc([N+](=O)[O-])c1. The van der Waals surface area contributed by atoms with E-state index in [1.54, 1.807) is 0 Å². The summed E-state index contributed by atoms with van der Waals surface area (Å²) in [5.74, 6) is -1.00. The lowest BCUT2D eigenvalue weighted by molar-refractivity contribution is -0.384. The first-order valence-corrected chi connectivity index (χ1v) is 4.81. The molecule has 3 N–H and O–H groups in total. The van der Waals surface area contributed by atoms with Gasteiger partial charge in [-0.2, -0.15) is 0 Å². The van der Waals surface area contributed by atoms with E-state index in [0.29, 0.717) is 0 Å². The number of hydrogen-bond donors (Lipinski definition) is 2. The van der Waals surface area contributed by atoms with Crippen LogP contribution in [-0.4, -0.2) is 23.3 Å². The second-order valence-electron chi connectivity index (χ2n) is 3.28. The highest BCUT2D eigenvalue weighted by atomic mass is 16.6. The molecule has 0 heterocycles. The second-order valence-corrected chi connectivity index (χ2v) is 3.28. The number of nitro benzene ring substituents is 1. The number of nitrogens with one attached hydrogen (secondary N) is 1. The summed E-state index contributed by atoms with van der Waals surface area (Å²) < 4.78 is 0. The van der Waals surface area contributed by atoms with Crippen LogP contribution in [0, 0.1) is 10.1 Å². The van der Waals surface area contributed by atoms with Crippen LogP contribution in [0.2, 0.25) is 0 Å². The normalized spacial score (nSPS) is 9.65. The third kappa shape index (κ3) is 3.90. The third-order valence-corrected chi connectivity index (χ3v) is 1.98. The molecule has 0 aromatic heterocycles. The van der Waals surface area contributed by atoms with Crippen molar-refractivity contribution < 1.29 is 14.5 Å². The van der Waals surface area contributed by atoms with Gasteiger partial charge in [-0.1, -0.05) is 6.07 Å². The lowest BCUT2D eigenvalue weighted by atomic mass is 10.2. The number of nitrogens with two attached hydrogens (primary N) is 1. The minimum absolute atomic E-state index is 0.0284. The molecule has 1 rings (SSSR count). The number of nitro groups is 1. The first kappa shape index (κ1) is 12.6. The fourth-order valence-electron chi connectivity index (χ4n) is 1.16. The van der Waals surface area contributed by atoms with E-state index in [1.165, 1.54) is 24.3 Å². The Balaban J connectivity index is 2.65. The topological polar surface area (TPSA) is 115 Å². The second kappa shape index (κ2) is 5.59. The Bertz CT molecular complexity index is 459. The van der Waals surface area contributed by atoms with E-state index in [4.69, 9.17) is 5.73 Å². The van der Waals surface area contributed by atoms with E-state index in [9.17, 15) is 19.7 Å². The summed E-state index contributed by atoms with van der Waals surface area (Å²) in [6, 6.07) is 5.33. The number of hydrogen-bond acceptors (Lipinski definition) is 4. The highest BCUT2D eigenvalue weighted by molar-refractivity contribution is 5.95. The van der Waals surface area contributed by atoms with Gasteiger partial charge in [-0.15, -0.1) is 0 Å². The van der Waals surface area contributed by atoms with Gasteiger partial charge in [-0.05, 0) is 6.07 Å². The predicted octanol–water partition coefficient (Wildman–Crippen LogP) is 0.200. The van der Waals surface area contributed by atoms with Gasteiger partial charge in [-0.3, -0.25) is 19.7 Å². The molecule has 7 heteroatoms. The van der Waals surface area contributed by atoms with Crippen LogP contribution in [-0.2, 0) is 4.79 Å². The van der Waals surface area contributed by atoms with Gasteiger partial charge in [-0.25, -0.2) is 0 Å². The number of carbonyl (C=O) groups is 2. The maximum absolute atomic E-state index is 11.5. The Morgan fingerprint density at radius 2 is 2.12 bits per heavy atom. The summed E-state index contributed by atoms with van der Waals surface area (Å²) in [7, 11) is 0. The summed E-state index contributed by atoms with van der Waals surface area (Å²) >= 11 is 0. The first-order chi connectivity index (χ1) is 8.00. The molecule has 0 aliphatic rings. The minimum Gasteiger partial charge on any atom is -0.370 e. The summed E-state index contributed by atoms with van der Waals surface area (Å²) in [4.78, 5) is 31.9. The highest BCUT2D eigenvalue weighted by Crippen LogP contribution is 2.12. The maximum Gasteiger partial charge on any atom is 0.270 e. The number of carbonyl (C=O) groups excluding carboxylic acids is 2. The number of amides is 2. The average molecular weight is 237 g/mol. The van der Waals surface area contributed by atoms with Crippen LogP contribution in [0.1, 0.15) is 16.8 Å². The van der Waals surface area contributed by atoms with E-state index in [1.807, 2.05) is 0 Å². The number of primary amides is 1. The molecule has 0 aliphatic carbocycles. The molecule has 1 aromatic rings. The van der Waals surface area contributed by atoms with Crippen molar-refractivity contribution in [2.24, 2.45) is 5.73 Å². The van der Waals surface area contributed by atoms with Gasteiger partial charge in [0.05, 0.1) is 4.92 Å². The largest absolute Gasteiger partial charge is 0.370 e. The Kier molecular flexibility index (Phi) is 4.15. The number of rotatable bonds is 5. The molecule has 0 spiro atoms. The average Bonchev–Trinajstić information content (AvgIpc) is 2.28. The lowest BCUT2D eigenvalue weighted by Crippen LogP contribution is -2.27. The first-order valence-electron chi connectivity index (χ1n) is 4.81. The zero-order valence-electron chi connectivity index (χ0n) is 8.88. The van der Waals surface area contributed by atoms with Crippen molar-refractivity contribution in [3.05, 3.63) is 39.9 Å². The molecule has 0 bridgehead atoms. The van der Waals surface area contributed by atoms with Crippen molar-refractivity contribution in [1.29, 1.82) is 0 Å². The summed E-state index contributed by atoms with van der Waals surface area (Å²) in [6.45, 7) is 0.108. The van der Waals surface area contributed by atoms with E-state index in [2.05, 4.69) is 5.32 Å². The molecule has 0 unspecified atom stereocenters. The van der Waals surface area contributed by atoms with Crippen molar-refractivity contribution in [2.75, 3.05) is 6.54 Å². The van der Waals surface area contributed by atoms with Crippen LogP contribution in [0.4, 0.5) is 5.69 Å². The molecule has 0 atom stereocenters. The number of nitrogens with zero attached hydrogens (tertiary/aromatic N) is 1. The Hall–Kier alpha value is -2.44. The van der Waals surface area contributed by atoms with Crippen LogP contribution in [0.3, 0.4) is 0 Å². The summed E-state index contributed by atoms with van der Waals surface area (Å²) in [5.41, 5.74) is 4.91. The van der Waals surface area contributed by atoms with E-state index < -0.39 is 16.7 Å². The molecule has 7 nitrogen and oxygen atoms in total. The van der Waals surface area contributed by atoms with Crippen LogP contribution in [0.25, 0.3) is 0 Å². The fraction of sp³-hybridized carbons (Fsp3) is 0.200. The molecular weight excluding hydrogens is 226 g/mol. The predicted molar refractivity (Wildman–Crippen MR) is 59.2 cm³/mol. The van der Waals surface area contributed by atoms with E-state index in [0.717, 1.165) is 0 Å². The quantitative estimate of drug-likeness (QED) is 0.562. The van der Waals surface area contributed by atoms with Crippen molar-refractivity contribution >= 4 is 17.5 Å². The van der Waals surface area contributed by atoms with Gasteiger partial charge < -0.3 is 11.1 Å². The van der Waals surface area contributed by atoms with Crippen molar-refractivity contribution in [3.8, 4) is 0 Å². The smallest absolute Gasteiger partial charge is 0.270 e. The van der Waals surface area contributed by atoms with E-state index >= 15 is 0 Å². The molecule has 2 amide bonds. The van der Waals surface area contributed by atoms with Gasteiger partial charge in [0, 0.05) is 30.7 Å². The van der Waals surface area contributed by atoms with Gasteiger partial charge in [0.15, 0.2) is 0 Å². The minimum atomic E-state index is -0.583. The van der Waals surface area contributed by atoms with E-state index in [-0.39, 0.29) is 24.2 Å². The van der Waals surface area contributed by atoms with Crippen LogP contribution in [0.5, 0.6) is 0 Å². The van der Waals surface area contributed by atoms with Crippen LogP contribution >= 0.6 is 0 Å². The van der Waals surface area contributed by atoms with Gasteiger partial charge in [0.25, 0.3) is 11.6 Å². The maximum atomic E-state index is 11.5. The lowest BCUT2D eigenvalue weighted by Gasteiger charge is -2.03. The Labute approximate surface area is 96.8 Å². The molecule has 0 saturated carbocycles. The molecule has 0 saturated heterocycles. The molecule has 17 heavy (non-hydrogen) atoms. The Morgan fingerprint density at radius 3 is 2.71 bits per heavy atom. The van der Waals surface area contributed by atoms with Gasteiger partial charge in [0.1, 0.15) is 0 Å². The zero-order valence-corrected chi connectivity index (χ0v) is 8.88. The number of benzene rings is 1. The molecular formula is C10H11N3O4. The monoisotopic (exact) mass is 237 g/mol. The van der Waals surface area contributed by atoms with Crippen molar-refractivity contribution in [1.82, 2.24) is 5.32 Å².